The molecule has 2 N–H and O–H groups in total. The van der Waals surface area contributed by atoms with Gasteiger partial charge in [0, 0.05) is 53.0 Å². The van der Waals surface area contributed by atoms with E-state index in [2.05, 4.69) is 65.6 Å². The molecule has 1 saturated heterocycles. The number of hydrogen-bond acceptors (Lipinski definition) is 4. The van der Waals surface area contributed by atoms with Crippen LogP contribution < -0.4 is 10.6 Å². The number of rotatable bonds is 11. The monoisotopic (exact) mass is 404 g/mol. The van der Waals surface area contributed by atoms with Crippen molar-refractivity contribution in [2.75, 3.05) is 39.9 Å². The minimum atomic E-state index is 0.310. The van der Waals surface area contributed by atoms with E-state index in [1.165, 1.54) is 17.5 Å². The normalized spacial score (nSPS) is 20.6. The lowest BCUT2D eigenvalue weighted by molar-refractivity contribution is -0.0704. The van der Waals surface area contributed by atoms with Crippen molar-refractivity contribution in [3.63, 3.8) is 0 Å². The van der Waals surface area contributed by atoms with E-state index in [4.69, 9.17) is 9.47 Å². The molecule has 2 rings (SSSR count). The van der Waals surface area contributed by atoms with E-state index in [-0.39, 0.29) is 0 Å². The lowest BCUT2D eigenvalue weighted by atomic mass is 10.1. The topological polar surface area (TPSA) is 58.1 Å². The molecule has 29 heavy (non-hydrogen) atoms. The average molecular weight is 405 g/mol. The van der Waals surface area contributed by atoms with E-state index in [0.717, 1.165) is 64.7 Å². The smallest absolute Gasteiger partial charge is 0.191 e. The lowest BCUT2D eigenvalue weighted by Crippen LogP contribution is -2.44. The Morgan fingerprint density at radius 1 is 1.07 bits per heavy atom. The number of unbranched alkanes of at least 4 members (excludes halogenated alkanes) is 1. The molecule has 1 aromatic rings. The molecule has 1 aromatic carbocycles. The first-order chi connectivity index (χ1) is 14.1. The molecule has 0 radical (unpaired) electrons. The van der Waals surface area contributed by atoms with Gasteiger partial charge in [-0.15, -0.1) is 0 Å². The van der Waals surface area contributed by atoms with Crippen molar-refractivity contribution in [1.82, 2.24) is 15.5 Å². The van der Waals surface area contributed by atoms with Gasteiger partial charge >= 0.3 is 0 Å². The van der Waals surface area contributed by atoms with Crippen molar-refractivity contribution in [3.05, 3.63) is 35.4 Å². The molecule has 0 aliphatic carbocycles. The third kappa shape index (κ3) is 9.61. The molecule has 0 bridgehead atoms. The predicted molar refractivity (Wildman–Crippen MR) is 120 cm³/mol. The van der Waals surface area contributed by atoms with Crippen molar-refractivity contribution in [3.8, 4) is 0 Å². The zero-order chi connectivity index (χ0) is 20.9. The Morgan fingerprint density at radius 3 is 2.38 bits per heavy atom. The summed E-state index contributed by atoms with van der Waals surface area (Å²) in [7, 11) is 1.81. The molecule has 2 atom stereocenters. The molecule has 1 aliphatic rings. The maximum atomic E-state index is 5.82. The van der Waals surface area contributed by atoms with Crippen molar-refractivity contribution in [1.29, 1.82) is 0 Å². The Bertz CT molecular complexity index is 581. The average Bonchev–Trinajstić information content (AvgIpc) is 2.70. The van der Waals surface area contributed by atoms with Gasteiger partial charge in [-0.2, -0.15) is 0 Å². The standard InChI is InChI=1S/C23H40N4O2/c1-5-6-13-28-14-7-12-25-23(24-4)26-15-21-8-10-22(11-9-21)18-27-16-19(2)29-20(3)17-27/h8-11,19-20H,5-7,12-18H2,1-4H3,(H2,24,25,26). The zero-order valence-electron chi connectivity index (χ0n) is 18.7. The van der Waals surface area contributed by atoms with Gasteiger partial charge in [0.1, 0.15) is 0 Å². The SMILES string of the molecule is CCCCOCCCNC(=NC)NCc1ccc(CN2CC(C)OC(C)C2)cc1. The van der Waals surface area contributed by atoms with Crippen LogP contribution in [0.2, 0.25) is 0 Å². The van der Waals surface area contributed by atoms with Crippen molar-refractivity contribution in [2.45, 2.75) is 65.3 Å². The maximum Gasteiger partial charge on any atom is 0.191 e. The fourth-order valence-electron chi connectivity index (χ4n) is 3.57. The van der Waals surface area contributed by atoms with Gasteiger partial charge in [0.25, 0.3) is 0 Å². The fourth-order valence-corrected chi connectivity index (χ4v) is 3.57. The van der Waals surface area contributed by atoms with Crippen LogP contribution in [-0.2, 0) is 22.6 Å². The molecule has 164 valence electrons. The summed E-state index contributed by atoms with van der Waals surface area (Å²) in [5.41, 5.74) is 2.60. The maximum absolute atomic E-state index is 5.82. The second kappa shape index (κ2) is 13.6. The van der Waals surface area contributed by atoms with Gasteiger partial charge in [-0.05, 0) is 37.8 Å². The molecule has 0 saturated carbocycles. The van der Waals surface area contributed by atoms with Gasteiger partial charge in [0.2, 0.25) is 0 Å². The van der Waals surface area contributed by atoms with E-state index >= 15 is 0 Å². The van der Waals surface area contributed by atoms with Crippen LogP contribution in [0.3, 0.4) is 0 Å². The summed E-state index contributed by atoms with van der Waals surface area (Å²) >= 11 is 0. The Kier molecular flexibility index (Phi) is 11.1. The molecule has 6 nitrogen and oxygen atoms in total. The Balaban J connectivity index is 1.66. The second-order valence-electron chi connectivity index (χ2n) is 7.94. The number of benzene rings is 1. The van der Waals surface area contributed by atoms with Gasteiger partial charge in [-0.3, -0.25) is 9.89 Å². The first-order valence-corrected chi connectivity index (χ1v) is 11.1. The molecule has 1 heterocycles. The van der Waals surface area contributed by atoms with Crippen LogP contribution in [0.15, 0.2) is 29.3 Å². The number of morpholine rings is 1. The minimum Gasteiger partial charge on any atom is -0.381 e. The highest BCUT2D eigenvalue weighted by molar-refractivity contribution is 5.79. The molecule has 1 aliphatic heterocycles. The minimum absolute atomic E-state index is 0.310. The molecule has 1 fully saturated rings. The number of aliphatic imine (C=N–C) groups is 1. The van der Waals surface area contributed by atoms with Gasteiger partial charge in [0.15, 0.2) is 5.96 Å². The largest absolute Gasteiger partial charge is 0.381 e. The van der Waals surface area contributed by atoms with E-state index in [1.807, 2.05) is 0 Å². The summed E-state index contributed by atoms with van der Waals surface area (Å²) in [6, 6.07) is 8.85. The van der Waals surface area contributed by atoms with Crippen LogP contribution in [0, 0.1) is 0 Å². The van der Waals surface area contributed by atoms with Crippen LogP contribution in [0.4, 0.5) is 0 Å². The van der Waals surface area contributed by atoms with E-state index in [9.17, 15) is 0 Å². The predicted octanol–water partition coefficient (Wildman–Crippen LogP) is 3.17. The highest BCUT2D eigenvalue weighted by Crippen LogP contribution is 2.14. The Morgan fingerprint density at radius 2 is 1.72 bits per heavy atom. The van der Waals surface area contributed by atoms with Crippen molar-refractivity contribution >= 4 is 5.96 Å². The van der Waals surface area contributed by atoms with E-state index < -0.39 is 0 Å². The lowest BCUT2D eigenvalue weighted by Gasteiger charge is -2.35. The number of nitrogens with one attached hydrogen (secondary N) is 2. The van der Waals surface area contributed by atoms with Gasteiger partial charge < -0.3 is 20.1 Å². The number of guanidine groups is 1. The number of hydrogen-bond donors (Lipinski definition) is 2. The number of nitrogens with zero attached hydrogens (tertiary/aromatic N) is 2. The molecule has 0 aromatic heterocycles. The van der Waals surface area contributed by atoms with E-state index in [1.54, 1.807) is 7.05 Å². The van der Waals surface area contributed by atoms with Gasteiger partial charge in [-0.25, -0.2) is 0 Å². The van der Waals surface area contributed by atoms with Gasteiger partial charge in [0.05, 0.1) is 12.2 Å². The van der Waals surface area contributed by atoms with E-state index in [0.29, 0.717) is 12.2 Å². The molecule has 2 unspecified atom stereocenters. The Labute approximate surface area is 177 Å². The first kappa shape index (κ1) is 23.6. The molecule has 0 spiro atoms. The van der Waals surface area contributed by atoms with Crippen LogP contribution in [0.1, 0.15) is 51.2 Å². The zero-order valence-corrected chi connectivity index (χ0v) is 18.7. The molecule has 6 heteroatoms. The second-order valence-corrected chi connectivity index (χ2v) is 7.94. The number of ether oxygens (including phenoxy) is 2. The third-order valence-corrected chi connectivity index (χ3v) is 5.01. The fraction of sp³-hybridized carbons (Fsp3) is 0.696. The van der Waals surface area contributed by atoms with Crippen LogP contribution >= 0.6 is 0 Å². The Hall–Kier alpha value is -1.63. The van der Waals surface area contributed by atoms with Crippen molar-refractivity contribution in [2.24, 2.45) is 4.99 Å². The highest BCUT2D eigenvalue weighted by Gasteiger charge is 2.21. The molecular formula is C23H40N4O2. The third-order valence-electron chi connectivity index (χ3n) is 5.01. The summed E-state index contributed by atoms with van der Waals surface area (Å²) in [5, 5.41) is 6.73. The molecular weight excluding hydrogens is 364 g/mol. The van der Waals surface area contributed by atoms with Crippen LogP contribution in [0.5, 0.6) is 0 Å². The quantitative estimate of drug-likeness (QED) is 0.337. The summed E-state index contributed by atoms with van der Waals surface area (Å²) in [4.78, 5) is 6.77. The summed E-state index contributed by atoms with van der Waals surface area (Å²) in [6.07, 6.45) is 3.92. The summed E-state index contributed by atoms with van der Waals surface area (Å²) in [5.74, 6) is 0.832. The first-order valence-electron chi connectivity index (χ1n) is 11.1. The highest BCUT2D eigenvalue weighted by atomic mass is 16.5. The summed E-state index contributed by atoms with van der Waals surface area (Å²) in [6.45, 7) is 12.7. The molecule has 0 amide bonds. The van der Waals surface area contributed by atoms with Crippen LogP contribution in [0.25, 0.3) is 0 Å². The van der Waals surface area contributed by atoms with Crippen LogP contribution in [-0.4, -0.2) is 63.0 Å². The summed E-state index contributed by atoms with van der Waals surface area (Å²) < 4.78 is 11.4. The van der Waals surface area contributed by atoms with Crippen molar-refractivity contribution < 1.29 is 9.47 Å². The van der Waals surface area contributed by atoms with Gasteiger partial charge in [-0.1, -0.05) is 37.6 Å².